The van der Waals surface area contributed by atoms with Gasteiger partial charge in [-0.05, 0) is 50.6 Å². The van der Waals surface area contributed by atoms with Crippen molar-refractivity contribution in [2.45, 2.75) is 44.9 Å². The molecule has 1 heterocycles. The zero-order valence-electron chi connectivity index (χ0n) is 14.6. The van der Waals surface area contributed by atoms with Crippen LogP contribution in [0.4, 0.5) is 0 Å². The van der Waals surface area contributed by atoms with Crippen LogP contribution in [0.2, 0.25) is 0 Å². The van der Waals surface area contributed by atoms with E-state index in [1.165, 1.54) is 5.56 Å². The summed E-state index contributed by atoms with van der Waals surface area (Å²) in [5.41, 5.74) is 6.81. The number of hydrogen-bond donors (Lipinski definition) is 2. The van der Waals surface area contributed by atoms with Gasteiger partial charge in [-0.25, -0.2) is 0 Å². The molecule has 0 unspecified atom stereocenters. The number of likely N-dealkylation sites (tertiary alicyclic amines) is 1. The van der Waals surface area contributed by atoms with Crippen LogP contribution in [0.15, 0.2) is 24.3 Å². The van der Waals surface area contributed by atoms with Gasteiger partial charge >= 0.3 is 0 Å². The molecule has 2 fully saturated rings. The minimum Gasteiger partial charge on any atom is -0.494 e. The van der Waals surface area contributed by atoms with Gasteiger partial charge in [0.2, 0.25) is 0 Å². The third-order valence-electron chi connectivity index (χ3n) is 5.61. The molecule has 1 aliphatic carbocycles. The van der Waals surface area contributed by atoms with Crippen LogP contribution in [-0.4, -0.2) is 55.1 Å². The fourth-order valence-electron chi connectivity index (χ4n) is 4.07. The van der Waals surface area contributed by atoms with Crippen molar-refractivity contribution >= 4 is 0 Å². The molecular formula is C19H30N2O3. The summed E-state index contributed by atoms with van der Waals surface area (Å²) in [6.07, 6.45) is 2.73. The fourth-order valence-corrected chi connectivity index (χ4v) is 4.07. The Labute approximate surface area is 144 Å². The zero-order chi connectivity index (χ0) is 17.0. The summed E-state index contributed by atoms with van der Waals surface area (Å²) < 4.78 is 11.4. The Balaban J connectivity index is 1.51. The Morgan fingerprint density at radius 3 is 2.54 bits per heavy atom. The molecule has 1 aromatic rings. The summed E-state index contributed by atoms with van der Waals surface area (Å²) in [4.78, 5) is 2.46. The van der Waals surface area contributed by atoms with Crippen molar-refractivity contribution in [3.63, 3.8) is 0 Å². The van der Waals surface area contributed by atoms with Gasteiger partial charge < -0.3 is 20.3 Å². The summed E-state index contributed by atoms with van der Waals surface area (Å²) in [5, 5.41) is 10.3. The lowest BCUT2D eigenvalue weighted by Gasteiger charge is -2.56. The van der Waals surface area contributed by atoms with Crippen LogP contribution < -0.4 is 10.5 Å². The molecule has 2 aliphatic rings. The predicted molar refractivity (Wildman–Crippen MR) is 94.0 cm³/mol. The molecule has 5 nitrogen and oxygen atoms in total. The maximum Gasteiger partial charge on any atom is 0.119 e. The van der Waals surface area contributed by atoms with E-state index in [9.17, 15) is 5.11 Å². The largest absolute Gasteiger partial charge is 0.494 e. The lowest BCUT2D eigenvalue weighted by molar-refractivity contribution is -0.210. The Morgan fingerprint density at radius 1 is 1.25 bits per heavy atom. The third-order valence-corrected chi connectivity index (χ3v) is 5.61. The van der Waals surface area contributed by atoms with E-state index in [1.54, 1.807) is 0 Å². The van der Waals surface area contributed by atoms with Crippen LogP contribution in [0.1, 0.15) is 31.7 Å². The molecule has 1 spiro atoms. The summed E-state index contributed by atoms with van der Waals surface area (Å²) in [6, 6.07) is 8.36. The molecule has 1 aliphatic heterocycles. The Hall–Kier alpha value is -1.14. The summed E-state index contributed by atoms with van der Waals surface area (Å²) >= 11 is 0. The summed E-state index contributed by atoms with van der Waals surface area (Å²) in [5.74, 6) is 0.927. The predicted octanol–water partition coefficient (Wildman–Crippen LogP) is 1.78. The summed E-state index contributed by atoms with van der Waals surface area (Å²) in [6.45, 7) is 6.80. The minimum absolute atomic E-state index is 0.0372. The molecule has 0 radical (unpaired) electrons. The number of rotatable bonds is 7. The Bertz CT molecular complexity index is 512. The monoisotopic (exact) mass is 334 g/mol. The molecule has 1 saturated carbocycles. The van der Waals surface area contributed by atoms with Gasteiger partial charge in [0.05, 0.1) is 25.4 Å². The average Bonchev–Trinajstić information content (AvgIpc) is 2.61. The first-order chi connectivity index (χ1) is 11.7. The van der Waals surface area contributed by atoms with Crippen molar-refractivity contribution < 1.29 is 14.6 Å². The number of aliphatic hydroxyl groups is 1. The van der Waals surface area contributed by atoms with E-state index >= 15 is 0 Å². The van der Waals surface area contributed by atoms with Gasteiger partial charge in [-0.2, -0.15) is 0 Å². The van der Waals surface area contributed by atoms with E-state index in [4.69, 9.17) is 15.2 Å². The maximum absolute atomic E-state index is 10.3. The first-order valence-electron chi connectivity index (χ1n) is 9.12. The van der Waals surface area contributed by atoms with E-state index < -0.39 is 0 Å². The van der Waals surface area contributed by atoms with Crippen LogP contribution in [0, 0.1) is 5.41 Å². The average molecular weight is 334 g/mol. The number of ether oxygens (including phenoxy) is 2. The van der Waals surface area contributed by atoms with Crippen molar-refractivity contribution in [2.24, 2.45) is 11.1 Å². The quantitative estimate of drug-likeness (QED) is 0.795. The second-order valence-electron chi connectivity index (χ2n) is 6.99. The second-order valence-corrected chi connectivity index (χ2v) is 6.99. The van der Waals surface area contributed by atoms with E-state index in [1.807, 2.05) is 19.1 Å². The van der Waals surface area contributed by atoms with Crippen LogP contribution in [-0.2, 0) is 11.3 Å². The van der Waals surface area contributed by atoms with Gasteiger partial charge in [-0.1, -0.05) is 12.1 Å². The van der Waals surface area contributed by atoms with E-state index in [-0.39, 0.29) is 17.6 Å². The van der Waals surface area contributed by atoms with Crippen LogP contribution in [0.3, 0.4) is 0 Å². The highest BCUT2D eigenvalue weighted by atomic mass is 16.5. The lowest BCUT2D eigenvalue weighted by atomic mass is 9.58. The summed E-state index contributed by atoms with van der Waals surface area (Å²) in [7, 11) is 0. The normalized spacial score (nSPS) is 26.3. The van der Waals surface area contributed by atoms with Crippen molar-refractivity contribution in [3.05, 3.63) is 29.8 Å². The van der Waals surface area contributed by atoms with E-state index in [0.29, 0.717) is 19.8 Å². The first kappa shape index (κ1) is 17.7. The number of piperidine rings is 1. The smallest absolute Gasteiger partial charge is 0.119 e. The van der Waals surface area contributed by atoms with E-state index in [2.05, 4.69) is 17.0 Å². The number of nitrogens with two attached hydrogens (primary N) is 1. The van der Waals surface area contributed by atoms with Gasteiger partial charge in [0, 0.05) is 24.9 Å². The van der Waals surface area contributed by atoms with Crippen LogP contribution in [0.5, 0.6) is 5.75 Å². The highest BCUT2D eigenvalue weighted by Gasteiger charge is 2.55. The lowest BCUT2D eigenvalue weighted by Crippen LogP contribution is -2.62. The molecule has 1 aromatic carbocycles. The zero-order valence-corrected chi connectivity index (χ0v) is 14.6. The van der Waals surface area contributed by atoms with Gasteiger partial charge in [-0.15, -0.1) is 0 Å². The van der Waals surface area contributed by atoms with Gasteiger partial charge in [0.1, 0.15) is 5.75 Å². The number of aliphatic hydroxyl groups excluding tert-OH is 1. The molecule has 0 aromatic heterocycles. The SMILES string of the molecule is CCOc1ccc(CN2CCC3(CC2)[C@@H](O)C[C@H]3OCCN)cc1. The Morgan fingerprint density at radius 2 is 1.96 bits per heavy atom. The maximum atomic E-state index is 10.3. The van der Waals surface area contributed by atoms with Crippen molar-refractivity contribution in [2.75, 3.05) is 32.8 Å². The van der Waals surface area contributed by atoms with Gasteiger partial charge in [-0.3, -0.25) is 4.90 Å². The third kappa shape index (κ3) is 3.59. The highest BCUT2D eigenvalue weighted by molar-refractivity contribution is 5.27. The molecule has 134 valence electrons. The molecule has 5 heteroatoms. The van der Waals surface area contributed by atoms with Crippen LogP contribution in [0.25, 0.3) is 0 Å². The van der Waals surface area contributed by atoms with Crippen LogP contribution >= 0.6 is 0 Å². The topological polar surface area (TPSA) is 68.0 Å². The fraction of sp³-hybridized carbons (Fsp3) is 0.684. The highest BCUT2D eigenvalue weighted by Crippen LogP contribution is 2.51. The molecule has 0 amide bonds. The van der Waals surface area contributed by atoms with Gasteiger partial charge in [0.15, 0.2) is 0 Å². The second kappa shape index (κ2) is 7.83. The number of hydrogen-bond acceptors (Lipinski definition) is 5. The molecule has 2 atom stereocenters. The molecule has 3 N–H and O–H groups in total. The standard InChI is InChI=1S/C19H30N2O3/c1-2-23-16-5-3-15(4-6-16)14-21-10-7-19(8-11-21)17(22)13-18(19)24-12-9-20/h3-6,17-18,22H,2,7-14,20H2,1H3/t17-,18+/m0/s1. The number of nitrogens with zero attached hydrogens (tertiary/aromatic N) is 1. The number of benzene rings is 1. The first-order valence-corrected chi connectivity index (χ1v) is 9.12. The van der Waals surface area contributed by atoms with Gasteiger partial charge in [0.25, 0.3) is 0 Å². The molecular weight excluding hydrogens is 304 g/mol. The van der Waals surface area contributed by atoms with Crippen molar-refractivity contribution in [1.29, 1.82) is 0 Å². The van der Waals surface area contributed by atoms with Crippen molar-refractivity contribution in [1.82, 2.24) is 4.90 Å². The van der Waals surface area contributed by atoms with Crippen molar-refractivity contribution in [3.8, 4) is 5.75 Å². The Kier molecular flexibility index (Phi) is 5.76. The minimum atomic E-state index is -0.215. The molecule has 24 heavy (non-hydrogen) atoms. The molecule has 3 rings (SSSR count). The molecule has 0 bridgehead atoms. The van der Waals surface area contributed by atoms with E-state index in [0.717, 1.165) is 44.6 Å². The molecule has 1 saturated heterocycles.